The van der Waals surface area contributed by atoms with Crippen molar-refractivity contribution < 1.29 is 4.79 Å². The van der Waals surface area contributed by atoms with E-state index in [1.54, 1.807) is 24.5 Å². The fourth-order valence-electron chi connectivity index (χ4n) is 1.76. The molecule has 2 aromatic heterocycles. The molecule has 1 saturated heterocycles. The van der Waals surface area contributed by atoms with Gasteiger partial charge in [0.1, 0.15) is 11.3 Å². The van der Waals surface area contributed by atoms with Crippen LogP contribution in [0.3, 0.4) is 0 Å². The lowest BCUT2D eigenvalue weighted by molar-refractivity contribution is -0.115. The molecular formula is C11H7ClN4OS. The van der Waals surface area contributed by atoms with E-state index in [1.807, 2.05) is 0 Å². The summed E-state index contributed by atoms with van der Waals surface area (Å²) in [4.78, 5) is 18.7. The fraction of sp³-hybridized carbons (Fsp3) is 0. The second kappa shape index (κ2) is 4.08. The average molecular weight is 279 g/mol. The van der Waals surface area contributed by atoms with Crippen molar-refractivity contribution in [2.75, 3.05) is 0 Å². The SMILES string of the molecule is O=C1NC(=S)NC1=Cc1c[nH]c2ncc(Cl)cc12. The maximum absolute atomic E-state index is 11.5. The molecule has 0 atom stereocenters. The minimum absolute atomic E-state index is 0.246. The Balaban J connectivity index is 2.10. The van der Waals surface area contributed by atoms with Gasteiger partial charge < -0.3 is 10.3 Å². The molecule has 0 radical (unpaired) electrons. The third-order valence-corrected chi connectivity index (χ3v) is 2.96. The molecule has 5 nitrogen and oxygen atoms in total. The van der Waals surface area contributed by atoms with Crippen molar-refractivity contribution >= 4 is 51.9 Å². The van der Waals surface area contributed by atoms with E-state index in [0.717, 1.165) is 10.9 Å². The number of rotatable bonds is 1. The summed E-state index contributed by atoms with van der Waals surface area (Å²) in [6.07, 6.45) is 5.02. The molecule has 3 N–H and O–H groups in total. The Morgan fingerprint density at radius 2 is 2.22 bits per heavy atom. The summed E-state index contributed by atoms with van der Waals surface area (Å²) in [7, 11) is 0. The van der Waals surface area contributed by atoms with Crippen LogP contribution in [0.15, 0.2) is 24.2 Å². The van der Waals surface area contributed by atoms with Gasteiger partial charge in [-0.1, -0.05) is 11.6 Å². The number of thiocarbonyl (C=S) groups is 1. The maximum Gasteiger partial charge on any atom is 0.273 e. The zero-order valence-corrected chi connectivity index (χ0v) is 10.5. The van der Waals surface area contributed by atoms with Crippen LogP contribution < -0.4 is 10.6 Å². The highest BCUT2D eigenvalue weighted by Crippen LogP contribution is 2.22. The number of aromatic nitrogens is 2. The summed E-state index contributed by atoms with van der Waals surface area (Å²) < 4.78 is 0. The number of hydrogen-bond donors (Lipinski definition) is 3. The monoisotopic (exact) mass is 278 g/mol. The fourth-order valence-corrected chi connectivity index (χ4v) is 2.12. The number of hydrogen-bond acceptors (Lipinski definition) is 3. The number of nitrogens with one attached hydrogen (secondary N) is 3. The molecule has 1 amide bonds. The lowest BCUT2D eigenvalue weighted by Crippen LogP contribution is -2.21. The molecule has 0 aliphatic carbocycles. The van der Waals surface area contributed by atoms with Crippen LogP contribution in [0, 0.1) is 0 Å². The van der Waals surface area contributed by atoms with Gasteiger partial charge >= 0.3 is 0 Å². The number of halogens is 1. The Bertz CT molecular complexity index is 706. The number of carbonyl (C=O) groups excluding carboxylic acids is 1. The summed E-state index contributed by atoms with van der Waals surface area (Å²) in [6, 6.07) is 1.79. The first-order valence-corrected chi connectivity index (χ1v) is 5.89. The molecule has 7 heteroatoms. The van der Waals surface area contributed by atoms with Gasteiger partial charge in [-0.15, -0.1) is 0 Å². The molecule has 0 spiro atoms. The summed E-state index contributed by atoms with van der Waals surface area (Å²) in [6.45, 7) is 0. The van der Waals surface area contributed by atoms with Crippen molar-refractivity contribution in [1.82, 2.24) is 20.6 Å². The predicted octanol–water partition coefficient (Wildman–Crippen LogP) is 1.56. The molecule has 1 aliphatic rings. The Hall–Kier alpha value is -1.92. The number of carbonyl (C=O) groups is 1. The van der Waals surface area contributed by atoms with Gasteiger partial charge in [0.25, 0.3) is 5.91 Å². The quantitative estimate of drug-likeness (QED) is 0.547. The minimum atomic E-state index is -0.246. The van der Waals surface area contributed by atoms with Crippen LogP contribution in [0.2, 0.25) is 5.02 Å². The lowest BCUT2D eigenvalue weighted by Gasteiger charge is -1.95. The van der Waals surface area contributed by atoms with E-state index in [2.05, 4.69) is 20.6 Å². The predicted molar refractivity (Wildman–Crippen MR) is 73.0 cm³/mol. The first kappa shape index (κ1) is 11.2. The highest BCUT2D eigenvalue weighted by molar-refractivity contribution is 7.80. The average Bonchev–Trinajstić information content (AvgIpc) is 2.84. The topological polar surface area (TPSA) is 69.8 Å². The van der Waals surface area contributed by atoms with Crippen molar-refractivity contribution in [3.8, 4) is 0 Å². The normalized spacial score (nSPS) is 17.3. The van der Waals surface area contributed by atoms with Crippen molar-refractivity contribution in [2.45, 2.75) is 0 Å². The number of H-pyrrole nitrogens is 1. The minimum Gasteiger partial charge on any atom is -0.346 e. The molecule has 18 heavy (non-hydrogen) atoms. The number of aromatic amines is 1. The second-order valence-corrected chi connectivity index (χ2v) is 4.60. The summed E-state index contributed by atoms with van der Waals surface area (Å²) >= 11 is 10.8. The lowest BCUT2D eigenvalue weighted by atomic mass is 10.2. The molecule has 1 aliphatic heterocycles. The van der Waals surface area contributed by atoms with Crippen LogP contribution in [-0.4, -0.2) is 21.0 Å². The van der Waals surface area contributed by atoms with Crippen molar-refractivity contribution in [3.05, 3.63) is 34.7 Å². The van der Waals surface area contributed by atoms with Crippen LogP contribution in [0.25, 0.3) is 17.1 Å². The van der Waals surface area contributed by atoms with E-state index in [1.165, 1.54) is 0 Å². The highest BCUT2D eigenvalue weighted by atomic mass is 35.5. The van der Waals surface area contributed by atoms with Crippen LogP contribution in [0.1, 0.15) is 5.56 Å². The molecule has 0 bridgehead atoms. The third kappa shape index (κ3) is 1.85. The number of fused-ring (bicyclic) bond motifs is 1. The van der Waals surface area contributed by atoms with Gasteiger partial charge in [0.2, 0.25) is 0 Å². The van der Waals surface area contributed by atoms with Crippen LogP contribution in [0.4, 0.5) is 0 Å². The number of nitrogens with zero attached hydrogens (tertiary/aromatic N) is 1. The van der Waals surface area contributed by atoms with E-state index in [0.29, 0.717) is 21.5 Å². The molecule has 0 aromatic carbocycles. The zero-order chi connectivity index (χ0) is 12.7. The van der Waals surface area contributed by atoms with Gasteiger partial charge in [0.05, 0.1) is 5.02 Å². The van der Waals surface area contributed by atoms with Gasteiger partial charge in [-0.3, -0.25) is 10.1 Å². The van der Waals surface area contributed by atoms with Crippen molar-refractivity contribution in [3.63, 3.8) is 0 Å². The van der Waals surface area contributed by atoms with Crippen LogP contribution >= 0.6 is 23.8 Å². The first-order chi connectivity index (χ1) is 8.63. The Labute approximate surface area is 112 Å². The van der Waals surface area contributed by atoms with Gasteiger partial charge in [-0.2, -0.15) is 0 Å². The van der Waals surface area contributed by atoms with Crippen LogP contribution in [0.5, 0.6) is 0 Å². The maximum atomic E-state index is 11.5. The zero-order valence-electron chi connectivity index (χ0n) is 8.95. The molecule has 3 rings (SSSR count). The van der Waals surface area contributed by atoms with Crippen LogP contribution in [-0.2, 0) is 4.79 Å². The molecule has 2 aromatic rings. The van der Waals surface area contributed by atoms with Crippen molar-refractivity contribution in [2.24, 2.45) is 0 Å². The van der Waals surface area contributed by atoms with Gasteiger partial charge in [-0.25, -0.2) is 4.98 Å². The van der Waals surface area contributed by atoms with E-state index in [9.17, 15) is 4.79 Å². The molecule has 0 saturated carbocycles. The molecule has 1 fully saturated rings. The van der Waals surface area contributed by atoms with Gasteiger partial charge in [-0.05, 0) is 24.4 Å². The third-order valence-electron chi connectivity index (χ3n) is 2.55. The molecule has 90 valence electrons. The summed E-state index contributed by atoms with van der Waals surface area (Å²) in [5.41, 5.74) is 1.94. The summed E-state index contributed by atoms with van der Waals surface area (Å²) in [5, 5.41) is 6.99. The Morgan fingerprint density at radius 1 is 1.39 bits per heavy atom. The first-order valence-electron chi connectivity index (χ1n) is 5.10. The largest absolute Gasteiger partial charge is 0.346 e. The molecule has 0 unspecified atom stereocenters. The highest BCUT2D eigenvalue weighted by Gasteiger charge is 2.20. The molecule has 3 heterocycles. The number of pyridine rings is 1. The second-order valence-electron chi connectivity index (χ2n) is 3.76. The Morgan fingerprint density at radius 3 is 2.94 bits per heavy atom. The van der Waals surface area contributed by atoms with E-state index in [4.69, 9.17) is 23.8 Å². The van der Waals surface area contributed by atoms with Gasteiger partial charge in [0.15, 0.2) is 5.11 Å². The smallest absolute Gasteiger partial charge is 0.273 e. The number of amides is 1. The summed E-state index contributed by atoms with van der Waals surface area (Å²) in [5.74, 6) is -0.246. The van der Waals surface area contributed by atoms with Gasteiger partial charge in [0, 0.05) is 23.3 Å². The van der Waals surface area contributed by atoms with E-state index < -0.39 is 0 Å². The van der Waals surface area contributed by atoms with Crippen molar-refractivity contribution in [1.29, 1.82) is 0 Å². The standard InChI is InChI=1S/C11H7ClN4OS/c12-6-2-7-5(3-13-9(7)14-4-6)1-8-10(17)16-11(18)15-8/h1-4H,(H,13,14)(H2,15,16,17,18). The Kier molecular flexibility index (Phi) is 2.53. The van der Waals surface area contributed by atoms with E-state index in [-0.39, 0.29) is 5.91 Å². The molecular weight excluding hydrogens is 272 g/mol. The van der Waals surface area contributed by atoms with E-state index >= 15 is 0 Å².